The normalized spacial score (nSPS) is 10.4. The molecule has 0 saturated heterocycles. The van der Waals surface area contributed by atoms with Crippen molar-refractivity contribution >= 4 is 39.8 Å². The van der Waals surface area contributed by atoms with E-state index < -0.39 is 11.7 Å². The molecular weight excluding hydrogens is 332 g/mol. The molecule has 0 saturated carbocycles. The summed E-state index contributed by atoms with van der Waals surface area (Å²) in [6.45, 7) is 0. The Morgan fingerprint density at radius 3 is 2.46 bits per heavy atom. The largest absolute Gasteiger partial charge is 0.467 e. The van der Waals surface area contributed by atoms with Crippen LogP contribution in [0.5, 0.6) is 5.95 Å². The van der Waals surface area contributed by atoms with Crippen LogP contribution in [0.4, 0.5) is 16.2 Å². The van der Waals surface area contributed by atoms with Crippen molar-refractivity contribution in [2.75, 3.05) is 17.7 Å². The van der Waals surface area contributed by atoms with Crippen LogP contribution in [0.3, 0.4) is 0 Å². The van der Waals surface area contributed by atoms with E-state index in [2.05, 4.69) is 10.6 Å². The van der Waals surface area contributed by atoms with E-state index in [1.165, 1.54) is 13.2 Å². The number of methoxy groups -OCH3 is 1. The molecule has 24 heavy (non-hydrogen) atoms. The fourth-order valence-corrected chi connectivity index (χ4v) is 2.50. The maximum atomic E-state index is 12.0. The summed E-state index contributed by atoms with van der Waals surface area (Å²) in [6, 6.07) is 13.3. The maximum absolute atomic E-state index is 12.0. The number of amides is 2. The van der Waals surface area contributed by atoms with E-state index in [4.69, 9.17) is 20.8 Å². The molecule has 0 aliphatic carbocycles. The molecule has 0 bridgehead atoms. The molecule has 1 aromatic heterocycles. The van der Waals surface area contributed by atoms with E-state index in [-0.39, 0.29) is 16.4 Å². The summed E-state index contributed by atoms with van der Waals surface area (Å²) in [6.07, 6.45) is 0. The number of nitrogens with one attached hydrogen (secondary N) is 2. The first-order chi connectivity index (χ1) is 11.6. The van der Waals surface area contributed by atoms with Crippen LogP contribution >= 0.6 is 11.6 Å². The van der Waals surface area contributed by atoms with Gasteiger partial charge in [-0.15, -0.1) is 0 Å². The summed E-state index contributed by atoms with van der Waals surface area (Å²) in [5, 5.41) is 6.27. The summed E-state index contributed by atoms with van der Waals surface area (Å²) in [5.74, 6) is -0.0447. The number of carbonyl (C=O) groups is 1. The van der Waals surface area contributed by atoms with E-state index >= 15 is 0 Å². The number of urea groups is 1. The summed E-state index contributed by atoms with van der Waals surface area (Å²) in [4.78, 5) is 24.0. The van der Waals surface area contributed by atoms with Crippen LogP contribution in [0.25, 0.3) is 10.8 Å². The Bertz CT molecular complexity index is 954. The quantitative estimate of drug-likeness (QED) is 0.749. The minimum atomic E-state index is -0.599. The van der Waals surface area contributed by atoms with Crippen LogP contribution in [0.1, 0.15) is 0 Å². The zero-order chi connectivity index (χ0) is 17.1. The number of para-hydroxylation sites is 1. The number of hydrogen-bond donors (Lipinski definition) is 2. The highest BCUT2D eigenvalue weighted by molar-refractivity contribution is 6.36. The van der Waals surface area contributed by atoms with Gasteiger partial charge >= 0.3 is 17.6 Å². The third kappa shape index (κ3) is 3.18. The second-order valence-corrected chi connectivity index (χ2v) is 5.28. The van der Waals surface area contributed by atoms with Crippen LogP contribution in [0.15, 0.2) is 57.7 Å². The molecule has 0 unspecified atom stereocenters. The highest BCUT2D eigenvalue weighted by Gasteiger charge is 2.13. The van der Waals surface area contributed by atoms with Crippen LogP contribution in [-0.2, 0) is 0 Å². The van der Waals surface area contributed by atoms with Gasteiger partial charge in [-0.2, -0.15) is 0 Å². The first kappa shape index (κ1) is 15.9. The van der Waals surface area contributed by atoms with Crippen molar-refractivity contribution in [2.45, 2.75) is 0 Å². The number of carbonyl (C=O) groups excluding carboxylic acids is 1. The molecule has 0 spiro atoms. The number of ether oxygens (including phenoxy) is 1. The number of halogens is 1. The van der Waals surface area contributed by atoms with Gasteiger partial charge in [-0.05, 0) is 24.3 Å². The van der Waals surface area contributed by atoms with Crippen LogP contribution in [0.2, 0.25) is 5.02 Å². The van der Waals surface area contributed by atoms with Crippen LogP contribution in [0, 0.1) is 0 Å². The number of benzene rings is 2. The lowest BCUT2D eigenvalue weighted by molar-refractivity contribution is 0.262. The van der Waals surface area contributed by atoms with E-state index in [1.54, 1.807) is 24.3 Å². The highest BCUT2D eigenvalue weighted by Crippen LogP contribution is 2.31. The van der Waals surface area contributed by atoms with Crippen LogP contribution < -0.4 is 21.0 Å². The third-order valence-electron chi connectivity index (χ3n) is 3.32. The van der Waals surface area contributed by atoms with E-state index in [0.29, 0.717) is 16.8 Å². The summed E-state index contributed by atoms with van der Waals surface area (Å²) in [7, 11) is 1.36. The van der Waals surface area contributed by atoms with Crippen molar-refractivity contribution in [3.8, 4) is 5.95 Å². The van der Waals surface area contributed by atoms with Gasteiger partial charge < -0.3 is 19.8 Å². The van der Waals surface area contributed by atoms with Gasteiger partial charge in [-0.25, -0.2) is 9.59 Å². The van der Waals surface area contributed by atoms with Crippen molar-refractivity contribution in [3.05, 3.63) is 64.0 Å². The lowest BCUT2D eigenvalue weighted by Gasteiger charge is -2.09. The maximum Gasteiger partial charge on any atom is 0.346 e. The molecule has 0 atom stereocenters. The fourth-order valence-electron chi connectivity index (χ4n) is 2.22. The average molecular weight is 345 g/mol. The average Bonchev–Trinajstić information content (AvgIpc) is 2.59. The summed E-state index contributed by atoms with van der Waals surface area (Å²) < 4.78 is 9.90. The summed E-state index contributed by atoms with van der Waals surface area (Å²) in [5.41, 5.74) is 0.492. The highest BCUT2D eigenvalue weighted by atomic mass is 35.5. The molecule has 3 aromatic rings. The Hall–Kier alpha value is -2.99. The first-order valence-corrected chi connectivity index (χ1v) is 7.39. The predicted molar refractivity (Wildman–Crippen MR) is 93.1 cm³/mol. The number of rotatable bonds is 3. The standard InChI is InChI=1S/C17H13ClN2O4/c1-23-16-14(18)12-8-7-11(9-13(12)15(21)24-16)20-17(22)19-10-5-3-2-4-6-10/h2-9H,1H3,(H2,19,20,22). The molecule has 2 aromatic carbocycles. The van der Waals surface area contributed by atoms with Gasteiger partial charge in [0.05, 0.1) is 12.5 Å². The second kappa shape index (κ2) is 6.64. The van der Waals surface area contributed by atoms with Gasteiger partial charge in [0.15, 0.2) is 0 Å². The Labute approximate surface area is 142 Å². The molecule has 122 valence electrons. The van der Waals surface area contributed by atoms with Crippen molar-refractivity contribution in [1.29, 1.82) is 0 Å². The van der Waals surface area contributed by atoms with Gasteiger partial charge in [-0.1, -0.05) is 35.9 Å². The lowest BCUT2D eigenvalue weighted by atomic mass is 10.1. The van der Waals surface area contributed by atoms with Gasteiger partial charge in [0.2, 0.25) is 0 Å². The molecule has 1 heterocycles. The van der Waals surface area contributed by atoms with Gasteiger partial charge in [0.1, 0.15) is 5.02 Å². The molecule has 0 fully saturated rings. The zero-order valence-electron chi connectivity index (χ0n) is 12.6. The molecular formula is C17H13ClN2O4. The predicted octanol–water partition coefficient (Wildman–Crippen LogP) is 4.10. The van der Waals surface area contributed by atoms with Crippen molar-refractivity contribution in [1.82, 2.24) is 0 Å². The molecule has 6 nitrogen and oxygen atoms in total. The topological polar surface area (TPSA) is 80.6 Å². The number of hydrogen-bond acceptors (Lipinski definition) is 4. The van der Waals surface area contributed by atoms with Crippen molar-refractivity contribution < 1.29 is 13.9 Å². The van der Waals surface area contributed by atoms with Crippen molar-refractivity contribution in [2.24, 2.45) is 0 Å². The molecule has 0 aliphatic rings. The van der Waals surface area contributed by atoms with Gasteiger partial charge in [-0.3, -0.25) is 0 Å². The molecule has 0 aliphatic heterocycles. The Morgan fingerprint density at radius 2 is 1.75 bits per heavy atom. The number of anilines is 2. The molecule has 7 heteroatoms. The smallest absolute Gasteiger partial charge is 0.346 e. The zero-order valence-corrected chi connectivity index (χ0v) is 13.4. The minimum Gasteiger partial charge on any atom is -0.467 e. The lowest BCUT2D eigenvalue weighted by Crippen LogP contribution is -2.19. The minimum absolute atomic E-state index is 0.0447. The molecule has 2 N–H and O–H groups in total. The Kier molecular flexibility index (Phi) is 4.39. The van der Waals surface area contributed by atoms with E-state index in [0.717, 1.165) is 0 Å². The number of fused-ring (bicyclic) bond motifs is 1. The first-order valence-electron chi connectivity index (χ1n) is 7.02. The monoisotopic (exact) mass is 344 g/mol. The van der Waals surface area contributed by atoms with Gasteiger partial charge in [0.25, 0.3) is 0 Å². The second-order valence-electron chi connectivity index (χ2n) is 4.90. The molecule has 0 radical (unpaired) electrons. The Balaban J connectivity index is 1.87. The van der Waals surface area contributed by atoms with E-state index in [1.807, 2.05) is 18.2 Å². The SMILES string of the molecule is COc1oc(=O)c2cc(NC(=O)Nc3ccccc3)ccc2c1Cl. The fraction of sp³-hybridized carbons (Fsp3) is 0.0588. The molecule has 3 rings (SSSR count). The molecule has 2 amide bonds. The third-order valence-corrected chi connectivity index (χ3v) is 3.67. The van der Waals surface area contributed by atoms with Crippen molar-refractivity contribution in [3.63, 3.8) is 0 Å². The summed E-state index contributed by atoms with van der Waals surface area (Å²) >= 11 is 6.12. The van der Waals surface area contributed by atoms with Crippen LogP contribution in [-0.4, -0.2) is 13.1 Å². The van der Waals surface area contributed by atoms with Gasteiger partial charge in [0, 0.05) is 16.8 Å². The van der Waals surface area contributed by atoms with E-state index in [9.17, 15) is 9.59 Å². The Morgan fingerprint density at radius 1 is 1.04 bits per heavy atom.